The van der Waals surface area contributed by atoms with Crippen LogP contribution < -0.4 is 5.32 Å². The summed E-state index contributed by atoms with van der Waals surface area (Å²) in [5.74, 6) is -1.03. The Balaban J connectivity index is 2.37. The fourth-order valence-corrected chi connectivity index (χ4v) is 3.68. The lowest BCUT2D eigenvalue weighted by Gasteiger charge is -2.19. The summed E-state index contributed by atoms with van der Waals surface area (Å²) in [7, 11) is -3.77. The number of hydrogen-bond donors (Lipinski definition) is 2. The van der Waals surface area contributed by atoms with Crippen LogP contribution in [-0.4, -0.2) is 29.9 Å². The van der Waals surface area contributed by atoms with Crippen molar-refractivity contribution in [2.75, 3.05) is 5.32 Å². The average molecular weight is 300 g/mol. The van der Waals surface area contributed by atoms with Crippen molar-refractivity contribution in [3.05, 3.63) is 23.8 Å². The van der Waals surface area contributed by atoms with Gasteiger partial charge in [0.2, 0.25) is 0 Å². The first kappa shape index (κ1) is 13.9. The molecule has 1 aromatic carbocycles. The molecular formula is C11H12N2O4S2. The molecule has 1 aliphatic heterocycles. The molecule has 1 aliphatic rings. The molecule has 2 rings (SSSR count). The molecule has 19 heavy (non-hydrogen) atoms. The summed E-state index contributed by atoms with van der Waals surface area (Å²) >= 11 is 0.859. The van der Waals surface area contributed by atoms with Crippen LogP contribution in [0.5, 0.6) is 0 Å². The fraction of sp³-hybridized carbons (Fsp3) is 0.273. The number of hydrogen-bond acceptors (Lipinski definition) is 5. The normalized spacial score (nSPS) is 17.9. The van der Waals surface area contributed by atoms with Crippen LogP contribution in [0.2, 0.25) is 0 Å². The Hall–Kier alpha value is -1.54. The van der Waals surface area contributed by atoms with Crippen LogP contribution >= 0.6 is 11.8 Å². The van der Waals surface area contributed by atoms with E-state index < -0.39 is 21.2 Å². The highest BCUT2D eigenvalue weighted by Gasteiger charge is 2.27. The molecule has 0 amide bonds. The zero-order valence-electron chi connectivity index (χ0n) is 10.2. The Morgan fingerprint density at radius 3 is 2.79 bits per heavy atom. The van der Waals surface area contributed by atoms with Crippen LogP contribution in [0.1, 0.15) is 12.5 Å². The van der Waals surface area contributed by atoms with Gasteiger partial charge in [0, 0.05) is 0 Å². The van der Waals surface area contributed by atoms with Crippen LogP contribution in [0.25, 0.3) is 0 Å². The monoisotopic (exact) mass is 300 g/mol. The lowest BCUT2D eigenvalue weighted by Crippen LogP contribution is -2.23. The van der Waals surface area contributed by atoms with Gasteiger partial charge in [-0.05, 0) is 31.5 Å². The molecule has 1 aromatic rings. The van der Waals surface area contributed by atoms with Gasteiger partial charge in [-0.1, -0.05) is 17.8 Å². The maximum atomic E-state index is 12.0. The predicted molar refractivity (Wildman–Crippen MR) is 74.1 cm³/mol. The van der Waals surface area contributed by atoms with E-state index >= 15 is 0 Å². The molecular weight excluding hydrogens is 288 g/mol. The summed E-state index contributed by atoms with van der Waals surface area (Å²) in [6, 6.07) is 4.95. The number of anilines is 1. The minimum atomic E-state index is -3.77. The third-order valence-electron chi connectivity index (χ3n) is 2.50. The number of carboxylic acids is 1. The predicted octanol–water partition coefficient (Wildman–Crippen LogP) is 1.67. The van der Waals surface area contributed by atoms with Crippen molar-refractivity contribution in [1.82, 2.24) is 0 Å². The van der Waals surface area contributed by atoms with Gasteiger partial charge >= 0.3 is 5.97 Å². The van der Waals surface area contributed by atoms with Crippen LogP contribution in [0, 0.1) is 6.92 Å². The number of benzene rings is 1. The van der Waals surface area contributed by atoms with E-state index in [1.165, 1.54) is 13.0 Å². The summed E-state index contributed by atoms with van der Waals surface area (Å²) in [5.41, 5.74) is 1.23. The molecule has 6 nitrogen and oxygen atoms in total. The fourth-order valence-electron chi connectivity index (χ4n) is 1.51. The Morgan fingerprint density at radius 1 is 1.47 bits per heavy atom. The number of aryl methyl sites for hydroxylation is 1. The number of thioether (sulfide) groups is 1. The minimum absolute atomic E-state index is 0.0752. The van der Waals surface area contributed by atoms with Gasteiger partial charge < -0.3 is 10.4 Å². The Bertz CT molecular complexity index is 667. The van der Waals surface area contributed by atoms with Crippen molar-refractivity contribution >= 4 is 38.6 Å². The van der Waals surface area contributed by atoms with Crippen molar-refractivity contribution in [2.24, 2.45) is 4.40 Å². The average Bonchev–Trinajstić information content (AvgIpc) is 2.29. The molecule has 0 aliphatic carbocycles. The molecule has 0 saturated carbocycles. The summed E-state index contributed by atoms with van der Waals surface area (Å²) in [4.78, 5) is 10.9. The van der Waals surface area contributed by atoms with Crippen molar-refractivity contribution in [1.29, 1.82) is 0 Å². The second-order valence-corrected chi connectivity index (χ2v) is 7.00. The molecule has 102 valence electrons. The third kappa shape index (κ3) is 2.90. The zero-order chi connectivity index (χ0) is 14.2. The number of fused-ring (bicyclic) bond motifs is 1. The van der Waals surface area contributed by atoms with Gasteiger partial charge in [-0.2, -0.15) is 8.42 Å². The maximum absolute atomic E-state index is 12.0. The number of amidine groups is 1. The van der Waals surface area contributed by atoms with Crippen molar-refractivity contribution < 1.29 is 18.3 Å². The molecule has 0 aromatic heterocycles. The lowest BCUT2D eigenvalue weighted by atomic mass is 10.2. The van der Waals surface area contributed by atoms with Crippen molar-refractivity contribution in [2.45, 2.75) is 24.0 Å². The molecule has 0 bridgehead atoms. The molecule has 1 heterocycles. The van der Waals surface area contributed by atoms with Crippen molar-refractivity contribution in [3.63, 3.8) is 0 Å². The quantitative estimate of drug-likeness (QED) is 0.862. The van der Waals surface area contributed by atoms with Crippen LogP contribution in [0.4, 0.5) is 5.69 Å². The van der Waals surface area contributed by atoms with Crippen molar-refractivity contribution in [3.8, 4) is 0 Å². The SMILES string of the molecule is Cc1ccc2c(c1)S(=O)(=O)N=C(SC(C)C(=O)O)N2. The highest BCUT2D eigenvalue weighted by molar-refractivity contribution is 8.15. The molecule has 0 fully saturated rings. The lowest BCUT2D eigenvalue weighted by molar-refractivity contribution is -0.136. The number of nitrogens with one attached hydrogen (secondary N) is 1. The first-order valence-electron chi connectivity index (χ1n) is 5.42. The second kappa shape index (κ2) is 4.86. The van der Waals surface area contributed by atoms with Crippen LogP contribution in [0.3, 0.4) is 0 Å². The Kier molecular flexibility index (Phi) is 3.55. The van der Waals surface area contributed by atoms with Gasteiger partial charge in [0.15, 0.2) is 5.17 Å². The second-order valence-electron chi connectivity index (χ2n) is 4.09. The summed E-state index contributed by atoms with van der Waals surface area (Å²) < 4.78 is 27.6. The van der Waals surface area contributed by atoms with Gasteiger partial charge in [-0.3, -0.25) is 4.79 Å². The van der Waals surface area contributed by atoms with Crippen LogP contribution in [0.15, 0.2) is 27.5 Å². The van der Waals surface area contributed by atoms with Gasteiger partial charge in [0.05, 0.1) is 5.69 Å². The molecule has 1 unspecified atom stereocenters. The third-order valence-corrected chi connectivity index (χ3v) is 4.90. The first-order valence-corrected chi connectivity index (χ1v) is 7.73. The standard InChI is InChI=1S/C11H12N2O4S2/c1-6-3-4-8-9(5-6)19(16,17)13-11(12-8)18-7(2)10(14)15/h3-5,7H,1-2H3,(H,12,13)(H,14,15). The van der Waals surface area contributed by atoms with E-state index in [-0.39, 0.29) is 10.1 Å². The zero-order valence-corrected chi connectivity index (χ0v) is 11.9. The molecule has 1 atom stereocenters. The molecule has 0 saturated heterocycles. The van der Waals surface area contributed by atoms with Gasteiger partial charge in [-0.15, -0.1) is 4.40 Å². The van der Waals surface area contributed by atoms with E-state index in [0.29, 0.717) is 5.69 Å². The van der Waals surface area contributed by atoms with E-state index in [9.17, 15) is 13.2 Å². The van der Waals surface area contributed by atoms with Gasteiger partial charge in [0.25, 0.3) is 10.0 Å². The Labute approximate surface area is 115 Å². The number of carbonyl (C=O) groups is 1. The van der Waals surface area contributed by atoms with E-state index in [2.05, 4.69) is 9.71 Å². The van der Waals surface area contributed by atoms with E-state index in [1.54, 1.807) is 19.1 Å². The van der Waals surface area contributed by atoms with Gasteiger partial charge in [0.1, 0.15) is 10.1 Å². The topological polar surface area (TPSA) is 95.8 Å². The summed E-state index contributed by atoms with van der Waals surface area (Å²) in [6.07, 6.45) is 0. The largest absolute Gasteiger partial charge is 0.480 e. The maximum Gasteiger partial charge on any atom is 0.316 e. The highest BCUT2D eigenvalue weighted by atomic mass is 32.2. The number of rotatable bonds is 2. The first-order chi connectivity index (χ1) is 8.79. The Morgan fingerprint density at radius 2 is 2.16 bits per heavy atom. The smallest absolute Gasteiger partial charge is 0.316 e. The van der Waals surface area contributed by atoms with E-state index in [0.717, 1.165) is 17.3 Å². The number of nitrogens with zero attached hydrogens (tertiary/aromatic N) is 1. The molecule has 2 N–H and O–H groups in total. The number of aliphatic carboxylic acids is 1. The summed E-state index contributed by atoms with van der Waals surface area (Å²) in [5, 5.41) is 10.9. The molecule has 8 heteroatoms. The van der Waals surface area contributed by atoms with Crippen LogP contribution in [-0.2, 0) is 14.8 Å². The highest BCUT2D eigenvalue weighted by Crippen LogP contribution is 2.31. The molecule has 0 spiro atoms. The van der Waals surface area contributed by atoms with Gasteiger partial charge in [-0.25, -0.2) is 0 Å². The van der Waals surface area contributed by atoms with E-state index in [1.807, 2.05) is 0 Å². The van der Waals surface area contributed by atoms with E-state index in [4.69, 9.17) is 5.11 Å². The number of sulfonamides is 1. The number of carboxylic acid groups (broad SMARTS) is 1. The minimum Gasteiger partial charge on any atom is -0.480 e. The summed E-state index contributed by atoms with van der Waals surface area (Å²) in [6.45, 7) is 3.25. The molecule has 0 radical (unpaired) electrons.